The monoisotopic (exact) mass is 482 g/mol. The van der Waals surface area contributed by atoms with Crippen LogP contribution < -0.4 is 20.5 Å². The number of sulfonamides is 1. The summed E-state index contributed by atoms with van der Waals surface area (Å²) < 4.78 is 40.7. The second kappa shape index (κ2) is 9.92. The van der Waals surface area contributed by atoms with Crippen molar-refractivity contribution in [3.05, 3.63) is 89.7 Å². The summed E-state index contributed by atoms with van der Waals surface area (Å²) >= 11 is 0. The van der Waals surface area contributed by atoms with Gasteiger partial charge in [-0.15, -0.1) is 0 Å². The number of amides is 2. The Hall–Kier alpha value is -3.92. The fourth-order valence-electron chi connectivity index (χ4n) is 3.72. The number of anilines is 2. The Labute approximate surface area is 196 Å². The largest absolute Gasteiger partial charge is 0.362 e. The van der Waals surface area contributed by atoms with Crippen molar-refractivity contribution in [3.63, 3.8) is 0 Å². The van der Waals surface area contributed by atoms with Gasteiger partial charge in [-0.2, -0.15) is 0 Å². The zero-order chi connectivity index (χ0) is 24.1. The van der Waals surface area contributed by atoms with E-state index in [1.165, 1.54) is 42.0 Å². The molecule has 8 nitrogen and oxygen atoms in total. The van der Waals surface area contributed by atoms with Crippen molar-refractivity contribution in [2.24, 2.45) is 0 Å². The van der Waals surface area contributed by atoms with E-state index >= 15 is 0 Å². The van der Waals surface area contributed by atoms with Crippen LogP contribution in [0.15, 0.2) is 77.7 Å². The smallest absolute Gasteiger partial charge is 0.269 e. The number of para-hydroxylation sites is 1. The minimum Gasteiger partial charge on any atom is -0.362 e. The summed E-state index contributed by atoms with van der Waals surface area (Å²) in [5.41, 5.74) is 7.12. The Morgan fingerprint density at radius 1 is 0.941 bits per heavy atom. The van der Waals surface area contributed by atoms with Crippen molar-refractivity contribution < 1.29 is 22.4 Å². The number of aryl methyl sites for hydroxylation is 1. The Bertz CT molecular complexity index is 1310. The van der Waals surface area contributed by atoms with Gasteiger partial charge in [0.2, 0.25) is 0 Å². The van der Waals surface area contributed by atoms with E-state index in [1.54, 1.807) is 0 Å². The second-order valence-corrected chi connectivity index (χ2v) is 9.48. The number of fused-ring (bicyclic) bond motifs is 1. The van der Waals surface area contributed by atoms with Gasteiger partial charge < -0.3 is 4.90 Å². The fourth-order valence-corrected chi connectivity index (χ4v) is 4.83. The van der Waals surface area contributed by atoms with E-state index in [0.717, 1.165) is 37.2 Å². The van der Waals surface area contributed by atoms with Crippen molar-refractivity contribution in [2.45, 2.75) is 17.7 Å². The van der Waals surface area contributed by atoms with Gasteiger partial charge in [0.1, 0.15) is 5.82 Å². The quantitative estimate of drug-likeness (QED) is 0.469. The van der Waals surface area contributed by atoms with Gasteiger partial charge in [-0.25, -0.2) is 12.8 Å². The zero-order valence-corrected chi connectivity index (χ0v) is 18.9. The lowest BCUT2D eigenvalue weighted by Crippen LogP contribution is -2.47. The molecule has 0 unspecified atom stereocenters. The van der Waals surface area contributed by atoms with Gasteiger partial charge >= 0.3 is 0 Å². The standard InChI is InChI=1S/C24H23FN4O4S/c25-19-10-12-20(13-11-19)28-34(32,33)21-8-3-6-18(15-21)24(31)27-26-23(30)16-29-14-4-7-17-5-1-2-9-22(17)29/h1-3,5-6,8-13,15,28H,4,7,14,16H2,(H,26,30)(H,27,31). The first-order chi connectivity index (χ1) is 16.3. The van der Waals surface area contributed by atoms with Gasteiger partial charge in [0.15, 0.2) is 0 Å². The lowest BCUT2D eigenvalue weighted by atomic mass is 10.0. The Kier molecular flexibility index (Phi) is 6.78. The molecule has 0 aromatic heterocycles. The molecule has 1 aliphatic heterocycles. The molecule has 3 aromatic carbocycles. The number of nitrogens with zero attached hydrogens (tertiary/aromatic N) is 1. The van der Waals surface area contributed by atoms with Crippen LogP contribution in [0.1, 0.15) is 22.3 Å². The van der Waals surface area contributed by atoms with Crippen LogP contribution in [0.5, 0.6) is 0 Å². The molecule has 0 atom stereocenters. The van der Waals surface area contributed by atoms with Crippen LogP contribution in [-0.2, 0) is 21.2 Å². The molecule has 10 heteroatoms. The summed E-state index contributed by atoms with van der Waals surface area (Å²) in [7, 11) is -4.01. The van der Waals surface area contributed by atoms with E-state index < -0.39 is 27.7 Å². The summed E-state index contributed by atoms with van der Waals surface area (Å²) in [5.74, 6) is -1.55. The molecule has 1 aliphatic rings. The molecule has 0 fully saturated rings. The molecule has 0 aliphatic carbocycles. The molecule has 0 bridgehead atoms. The van der Waals surface area contributed by atoms with Crippen molar-refractivity contribution in [3.8, 4) is 0 Å². The SMILES string of the molecule is O=C(CN1CCCc2ccccc21)NNC(=O)c1cccc(S(=O)(=O)Nc2ccc(F)cc2)c1. The minimum atomic E-state index is -4.01. The zero-order valence-electron chi connectivity index (χ0n) is 18.1. The van der Waals surface area contributed by atoms with Crippen molar-refractivity contribution >= 4 is 33.2 Å². The third-order valence-corrected chi connectivity index (χ3v) is 6.74. The fraction of sp³-hybridized carbons (Fsp3) is 0.167. The Morgan fingerprint density at radius 3 is 2.50 bits per heavy atom. The van der Waals surface area contributed by atoms with Crippen LogP contribution in [0, 0.1) is 5.82 Å². The summed E-state index contributed by atoms with van der Waals surface area (Å²) in [6, 6.07) is 18.1. The van der Waals surface area contributed by atoms with E-state index in [1.807, 2.05) is 29.2 Å². The summed E-state index contributed by atoms with van der Waals surface area (Å²) in [6.07, 6.45) is 1.89. The lowest BCUT2D eigenvalue weighted by Gasteiger charge is -2.30. The Morgan fingerprint density at radius 2 is 1.71 bits per heavy atom. The highest BCUT2D eigenvalue weighted by molar-refractivity contribution is 7.92. The minimum absolute atomic E-state index is 0.0469. The van der Waals surface area contributed by atoms with Crippen LogP contribution in [0.3, 0.4) is 0 Å². The van der Waals surface area contributed by atoms with Gasteiger partial charge in [-0.1, -0.05) is 24.3 Å². The van der Waals surface area contributed by atoms with E-state index in [0.29, 0.717) is 0 Å². The number of halogens is 1. The number of benzene rings is 3. The van der Waals surface area contributed by atoms with Crippen LogP contribution >= 0.6 is 0 Å². The third-order valence-electron chi connectivity index (χ3n) is 5.36. The van der Waals surface area contributed by atoms with Crippen molar-refractivity contribution in [2.75, 3.05) is 22.7 Å². The second-order valence-electron chi connectivity index (χ2n) is 7.80. The maximum Gasteiger partial charge on any atom is 0.269 e. The first-order valence-corrected chi connectivity index (χ1v) is 12.1. The maximum atomic E-state index is 13.1. The average Bonchev–Trinajstić information content (AvgIpc) is 2.84. The topological polar surface area (TPSA) is 108 Å². The molecule has 3 aromatic rings. The van der Waals surface area contributed by atoms with Crippen LogP contribution in [0.2, 0.25) is 0 Å². The van der Waals surface area contributed by atoms with Crippen LogP contribution in [0.25, 0.3) is 0 Å². The molecule has 4 rings (SSSR count). The van der Waals surface area contributed by atoms with Gasteiger partial charge in [0, 0.05) is 23.5 Å². The highest BCUT2D eigenvalue weighted by Gasteiger charge is 2.20. The number of nitrogens with one attached hydrogen (secondary N) is 3. The predicted octanol–water partition coefficient (Wildman–Crippen LogP) is 2.84. The molecule has 2 amide bonds. The molecule has 0 spiro atoms. The average molecular weight is 483 g/mol. The van der Waals surface area contributed by atoms with E-state index in [2.05, 4.69) is 15.6 Å². The van der Waals surface area contributed by atoms with E-state index in [9.17, 15) is 22.4 Å². The summed E-state index contributed by atoms with van der Waals surface area (Å²) in [4.78, 5) is 26.7. The molecule has 0 radical (unpaired) electrons. The predicted molar refractivity (Wildman–Crippen MR) is 126 cm³/mol. The molecular weight excluding hydrogens is 459 g/mol. The normalized spacial score (nSPS) is 13.0. The number of carbonyl (C=O) groups is 2. The number of rotatable bonds is 6. The van der Waals surface area contributed by atoms with Gasteiger partial charge in [-0.3, -0.25) is 25.2 Å². The first kappa shape index (κ1) is 23.2. The van der Waals surface area contributed by atoms with Crippen molar-refractivity contribution in [1.82, 2.24) is 10.9 Å². The number of carbonyl (C=O) groups excluding carboxylic acids is 2. The lowest BCUT2D eigenvalue weighted by molar-refractivity contribution is -0.120. The van der Waals surface area contributed by atoms with Crippen LogP contribution in [-0.4, -0.2) is 33.3 Å². The highest BCUT2D eigenvalue weighted by Crippen LogP contribution is 2.26. The van der Waals surface area contributed by atoms with E-state index in [4.69, 9.17) is 0 Å². The summed E-state index contributed by atoms with van der Waals surface area (Å²) in [5, 5.41) is 0. The molecule has 34 heavy (non-hydrogen) atoms. The number of hydrogen-bond donors (Lipinski definition) is 3. The number of hydrazine groups is 1. The third kappa shape index (κ3) is 5.52. The van der Waals surface area contributed by atoms with Gasteiger partial charge in [-0.05, 0) is 66.9 Å². The Balaban J connectivity index is 1.37. The molecule has 0 saturated heterocycles. The molecular formula is C24H23FN4O4S. The number of hydrogen-bond acceptors (Lipinski definition) is 5. The maximum absolute atomic E-state index is 13.1. The van der Waals surface area contributed by atoms with E-state index in [-0.39, 0.29) is 22.7 Å². The molecule has 1 heterocycles. The molecule has 176 valence electrons. The summed E-state index contributed by atoms with van der Waals surface area (Å²) in [6.45, 7) is 0.812. The molecule has 0 saturated carbocycles. The highest BCUT2D eigenvalue weighted by atomic mass is 32.2. The first-order valence-electron chi connectivity index (χ1n) is 10.6. The van der Waals surface area contributed by atoms with Gasteiger partial charge in [0.25, 0.3) is 21.8 Å². The molecule has 3 N–H and O–H groups in total. The van der Waals surface area contributed by atoms with Crippen LogP contribution in [0.4, 0.5) is 15.8 Å². The van der Waals surface area contributed by atoms with Gasteiger partial charge in [0.05, 0.1) is 11.4 Å². The van der Waals surface area contributed by atoms with Crippen molar-refractivity contribution in [1.29, 1.82) is 0 Å².